The normalized spacial score (nSPS) is 19.3. The summed E-state index contributed by atoms with van der Waals surface area (Å²) in [4.78, 5) is 14.0. The molecule has 2 atom stereocenters. The Morgan fingerprint density at radius 2 is 2.03 bits per heavy atom. The van der Waals surface area contributed by atoms with E-state index in [1.807, 2.05) is 6.92 Å². The summed E-state index contributed by atoms with van der Waals surface area (Å²) in [7, 11) is 0. The van der Waals surface area contributed by atoms with E-state index in [1.165, 1.54) is 30.5 Å². The Morgan fingerprint density at radius 1 is 1.38 bits per heavy atom. The minimum atomic E-state index is -4.74. The van der Waals surface area contributed by atoms with Crippen molar-refractivity contribution in [1.29, 1.82) is 0 Å². The maximum Gasteiger partial charge on any atom is 0.573 e. The van der Waals surface area contributed by atoms with E-state index >= 15 is 0 Å². The van der Waals surface area contributed by atoms with Gasteiger partial charge in [0.15, 0.2) is 0 Å². The van der Waals surface area contributed by atoms with Crippen LogP contribution in [-0.4, -0.2) is 45.6 Å². The number of hydrogen-bond acceptors (Lipinski definition) is 7. The SMILES string of the molecule is CC(CNCC1(C)Cn2cc([N+](=O)[O-])nc2O1)Oc1ccc(OC(F)(F)F)cc1. The van der Waals surface area contributed by atoms with E-state index in [1.54, 1.807) is 11.5 Å². The molecule has 0 amide bonds. The molecule has 2 heterocycles. The van der Waals surface area contributed by atoms with Crippen molar-refractivity contribution >= 4 is 5.82 Å². The summed E-state index contributed by atoms with van der Waals surface area (Å²) in [6.45, 7) is 4.95. The Hall–Kier alpha value is -3.02. The van der Waals surface area contributed by atoms with Crippen LogP contribution in [0.5, 0.6) is 17.5 Å². The molecule has 12 heteroatoms. The number of alkyl halides is 3. The Morgan fingerprint density at radius 3 is 2.62 bits per heavy atom. The van der Waals surface area contributed by atoms with E-state index in [0.29, 0.717) is 25.4 Å². The first kappa shape index (κ1) is 20.7. The smallest absolute Gasteiger partial charge is 0.489 e. The fraction of sp³-hybridized carbons (Fsp3) is 0.471. The highest BCUT2D eigenvalue weighted by Gasteiger charge is 2.40. The molecule has 0 spiro atoms. The van der Waals surface area contributed by atoms with Crippen LogP contribution in [0, 0.1) is 10.1 Å². The minimum absolute atomic E-state index is 0.200. The van der Waals surface area contributed by atoms with Crippen molar-refractivity contribution in [3.05, 3.63) is 40.6 Å². The van der Waals surface area contributed by atoms with E-state index in [2.05, 4.69) is 15.0 Å². The molecule has 9 nitrogen and oxygen atoms in total. The molecule has 158 valence electrons. The quantitative estimate of drug-likeness (QED) is 0.522. The number of nitro groups is 1. The van der Waals surface area contributed by atoms with Crippen molar-refractivity contribution in [2.45, 2.75) is 38.5 Å². The van der Waals surface area contributed by atoms with Crippen LogP contribution in [0.3, 0.4) is 0 Å². The van der Waals surface area contributed by atoms with Crippen LogP contribution in [0.1, 0.15) is 13.8 Å². The Balaban J connectivity index is 1.43. The van der Waals surface area contributed by atoms with Gasteiger partial charge in [-0.15, -0.1) is 13.2 Å². The van der Waals surface area contributed by atoms with Gasteiger partial charge < -0.3 is 29.6 Å². The summed E-state index contributed by atoms with van der Waals surface area (Å²) in [6.07, 6.45) is -3.68. The predicted molar refractivity (Wildman–Crippen MR) is 94.0 cm³/mol. The van der Waals surface area contributed by atoms with Crippen LogP contribution >= 0.6 is 0 Å². The molecule has 0 saturated carbocycles. The van der Waals surface area contributed by atoms with Gasteiger partial charge in [-0.1, -0.05) is 0 Å². The average molecular weight is 416 g/mol. The van der Waals surface area contributed by atoms with Crippen molar-refractivity contribution in [2.24, 2.45) is 0 Å². The van der Waals surface area contributed by atoms with Crippen LogP contribution in [-0.2, 0) is 6.54 Å². The average Bonchev–Trinajstić information content (AvgIpc) is 3.10. The maximum atomic E-state index is 12.2. The first-order chi connectivity index (χ1) is 13.5. The van der Waals surface area contributed by atoms with Gasteiger partial charge in [-0.3, -0.25) is 4.57 Å². The van der Waals surface area contributed by atoms with Crippen LogP contribution in [0.25, 0.3) is 0 Å². The lowest BCUT2D eigenvalue weighted by molar-refractivity contribution is -0.389. The summed E-state index contributed by atoms with van der Waals surface area (Å²) < 4.78 is 53.3. The van der Waals surface area contributed by atoms with E-state index in [-0.39, 0.29) is 23.7 Å². The highest BCUT2D eigenvalue weighted by Crippen LogP contribution is 2.30. The molecule has 0 saturated heterocycles. The molecule has 0 radical (unpaired) electrons. The lowest BCUT2D eigenvalue weighted by Gasteiger charge is -2.24. The van der Waals surface area contributed by atoms with E-state index in [9.17, 15) is 23.3 Å². The molecule has 1 aromatic heterocycles. The summed E-state index contributed by atoms with van der Waals surface area (Å²) in [5, 5.41) is 13.9. The molecular formula is C17H19F3N4O5. The van der Waals surface area contributed by atoms with Gasteiger partial charge in [0.05, 0.1) is 6.54 Å². The molecule has 1 N–H and O–H groups in total. The standard InChI is InChI=1S/C17H19F3N4O5/c1-11(27-12-3-5-13(6-4-12)28-17(18,19)20)7-21-9-16(2)10-23-8-14(24(25)26)22-15(23)29-16/h3-6,8,11,21H,7,9-10H2,1-2H3. The van der Waals surface area contributed by atoms with Gasteiger partial charge in [0.25, 0.3) is 0 Å². The van der Waals surface area contributed by atoms with E-state index < -0.39 is 16.9 Å². The molecule has 2 aromatic rings. The van der Waals surface area contributed by atoms with Crippen molar-refractivity contribution in [1.82, 2.24) is 14.9 Å². The number of ether oxygens (including phenoxy) is 3. The number of halogens is 3. The first-order valence-corrected chi connectivity index (χ1v) is 8.67. The van der Waals surface area contributed by atoms with Gasteiger partial charge in [-0.05, 0) is 43.0 Å². The second-order valence-corrected chi connectivity index (χ2v) is 6.90. The molecular weight excluding hydrogens is 397 g/mol. The number of nitrogens with one attached hydrogen (secondary N) is 1. The van der Waals surface area contributed by atoms with Crippen molar-refractivity contribution in [3.8, 4) is 17.5 Å². The van der Waals surface area contributed by atoms with Crippen molar-refractivity contribution < 1.29 is 32.3 Å². The lowest BCUT2D eigenvalue weighted by Crippen LogP contribution is -2.45. The Kier molecular flexibility index (Phi) is 5.55. The molecule has 29 heavy (non-hydrogen) atoms. The lowest BCUT2D eigenvalue weighted by atomic mass is 10.1. The molecule has 3 rings (SSSR count). The number of rotatable bonds is 8. The third kappa shape index (κ3) is 5.50. The zero-order chi connectivity index (χ0) is 21.2. The topological polar surface area (TPSA) is 101 Å². The zero-order valence-electron chi connectivity index (χ0n) is 15.6. The molecule has 0 aliphatic carbocycles. The maximum absolute atomic E-state index is 12.2. The number of aromatic nitrogens is 2. The summed E-state index contributed by atoms with van der Waals surface area (Å²) in [6, 6.07) is 5.34. The highest BCUT2D eigenvalue weighted by atomic mass is 19.4. The number of benzene rings is 1. The Bertz CT molecular complexity index is 845. The van der Waals surface area contributed by atoms with Crippen LogP contribution in [0.15, 0.2) is 30.5 Å². The Labute approximate surface area is 163 Å². The highest BCUT2D eigenvalue weighted by molar-refractivity contribution is 5.31. The summed E-state index contributed by atoms with van der Waals surface area (Å²) >= 11 is 0. The van der Waals surface area contributed by atoms with Gasteiger partial charge in [0.1, 0.15) is 29.4 Å². The van der Waals surface area contributed by atoms with Gasteiger partial charge >= 0.3 is 18.2 Å². The van der Waals surface area contributed by atoms with Crippen LogP contribution in [0.2, 0.25) is 0 Å². The fourth-order valence-corrected chi connectivity index (χ4v) is 2.91. The van der Waals surface area contributed by atoms with Gasteiger partial charge in [0.2, 0.25) is 0 Å². The second-order valence-electron chi connectivity index (χ2n) is 6.90. The van der Waals surface area contributed by atoms with Gasteiger partial charge in [0, 0.05) is 18.1 Å². The third-order valence-electron chi connectivity index (χ3n) is 4.08. The third-order valence-corrected chi connectivity index (χ3v) is 4.08. The van der Waals surface area contributed by atoms with Crippen LogP contribution < -0.4 is 19.5 Å². The molecule has 2 unspecified atom stereocenters. The van der Waals surface area contributed by atoms with Crippen LogP contribution in [0.4, 0.5) is 19.0 Å². The number of imidazole rings is 1. The van der Waals surface area contributed by atoms with Gasteiger partial charge in [-0.2, -0.15) is 0 Å². The van der Waals surface area contributed by atoms with E-state index in [4.69, 9.17) is 9.47 Å². The summed E-state index contributed by atoms with van der Waals surface area (Å²) in [5.41, 5.74) is -0.617. The molecule has 1 aliphatic rings. The van der Waals surface area contributed by atoms with Crippen molar-refractivity contribution in [3.63, 3.8) is 0 Å². The first-order valence-electron chi connectivity index (χ1n) is 8.67. The molecule has 0 bridgehead atoms. The second kappa shape index (κ2) is 7.78. The predicted octanol–water partition coefficient (Wildman–Crippen LogP) is 2.90. The molecule has 1 aliphatic heterocycles. The molecule has 0 fully saturated rings. The summed E-state index contributed by atoms with van der Waals surface area (Å²) in [5.74, 6) is -0.173. The molecule has 1 aromatic carbocycles. The van der Waals surface area contributed by atoms with Crippen molar-refractivity contribution in [2.75, 3.05) is 13.1 Å². The monoisotopic (exact) mass is 416 g/mol. The number of hydrogen-bond donors (Lipinski definition) is 1. The van der Waals surface area contributed by atoms with Gasteiger partial charge in [-0.25, -0.2) is 0 Å². The van der Waals surface area contributed by atoms with E-state index in [0.717, 1.165) is 0 Å². The largest absolute Gasteiger partial charge is 0.573 e. The zero-order valence-corrected chi connectivity index (χ0v) is 15.6. The number of fused-ring (bicyclic) bond motifs is 1. The fourth-order valence-electron chi connectivity index (χ4n) is 2.91. The minimum Gasteiger partial charge on any atom is -0.489 e. The number of nitrogens with zero attached hydrogens (tertiary/aromatic N) is 3.